The first kappa shape index (κ1) is 14.7. The molecule has 21 heavy (non-hydrogen) atoms. The molecule has 2 aromatic rings. The highest BCUT2D eigenvalue weighted by Gasteiger charge is 2.36. The third-order valence-corrected chi connectivity index (χ3v) is 6.33. The van der Waals surface area contributed by atoms with Gasteiger partial charge in [0.05, 0.1) is 17.0 Å². The monoisotopic (exact) mass is 325 g/mol. The molecule has 1 N–H and O–H groups in total. The van der Waals surface area contributed by atoms with Crippen molar-refractivity contribution in [1.29, 1.82) is 0 Å². The third-order valence-electron chi connectivity index (χ3n) is 3.71. The Morgan fingerprint density at radius 3 is 2.76 bits per heavy atom. The number of nitrogens with one attached hydrogen (secondary N) is 1. The molecule has 1 saturated carbocycles. The van der Waals surface area contributed by atoms with Crippen LogP contribution in [0.25, 0.3) is 0 Å². The van der Waals surface area contributed by atoms with Gasteiger partial charge in [-0.2, -0.15) is 16.4 Å². The van der Waals surface area contributed by atoms with Gasteiger partial charge in [-0.05, 0) is 55.1 Å². The summed E-state index contributed by atoms with van der Waals surface area (Å²) in [6.45, 7) is 4.29. The van der Waals surface area contributed by atoms with Crippen molar-refractivity contribution in [3.8, 4) is 0 Å². The van der Waals surface area contributed by atoms with Crippen LogP contribution in [0.5, 0.6) is 0 Å². The van der Waals surface area contributed by atoms with E-state index in [4.69, 9.17) is 0 Å². The molecule has 1 aliphatic carbocycles. The van der Waals surface area contributed by atoms with Crippen molar-refractivity contribution in [2.45, 2.75) is 38.0 Å². The normalized spacial score (nSPS) is 17.0. The SMILES string of the molecule is Cc1cc(C)n([C@@H](CNS(=O)(=O)C2CC2)c2ccsc2)n1. The number of aromatic nitrogens is 2. The molecular weight excluding hydrogens is 306 g/mol. The Morgan fingerprint density at radius 1 is 1.48 bits per heavy atom. The lowest BCUT2D eigenvalue weighted by Crippen LogP contribution is -2.34. The van der Waals surface area contributed by atoms with E-state index in [-0.39, 0.29) is 11.3 Å². The molecule has 1 atom stereocenters. The van der Waals surface area contributed by atoms with Crippen molar-refractivity contribution < 1.29 is 8.42 Å². The molecule has 0 radical (unpaired) electrons. The molecule has 114 valence electrons. The molecule has 0 spiro atoms. The Hall–Kier alpha value is -1.18. The summed E-state index contributed by atoms with van der Waals surface area (Å²) in [6, 6.07) is 3.94. The fourth-order valence-corrected chi connectivity index (χ4v) is 4.55. The summed E-state index contributed by atoms with van der Waals surface area (Å²) in [5.74, 6) is 0. The molecule has 0 unspecified atom stereocenters. The number of nitrogens with zero attached hydrogens (tertiary/aromatic N) is 2. The van der Waals surface area contributed by atoms with Crippen LogP contribution in [-0.2, 0) is 10.0 Å². The van der Waals surface area contributed by atoms with Gasteiger partial charge in [0, 0.05) is 12.2 Å². The minimum atomic E-state index is -3.17. The Labute approximate surface area is 129 Å². The van der Waals surface area contributed by atoms with Gasteiger partial charge in [0.25, 0.3) is 0 Å². The molecule has 0 bridgehead atoms. The first-order valence-electron chi connectivity index (χ1n) is 7.00. The van der Waals surface area contributed by atoms with Crippen molar-refractivity contribution in [2.24, 2.45) is 0 Å². The van der Waals surface area contributed by atoms with Crippen molar-refractivity contribution in [3.63, 3.8) is 0 Å². The second-order valence-corrected chi connectivity index (χ2v) is 8.36. The van der Waals surface area contributed by atoms with Gasteiger partial charge in [0.15, 0.2) is 0 Å². The third kappa shape index (κ3) is 3.20. The molecule has 0 aromatic carbocycles. The lowest BCUT2D eigenvalue weighted by atomic mass is 10.1. The van der Waals surface area contributed by atoms with E-state index in [0.717, 1.165) is 29.8 Å². The van der Waals surface area contributed by atoms with Crippen molar-refractivity contribution in [1.82, 2.24) is 14.5 Å². The van der Waals surface area contributed by atoms with Crippen LogP contribution >= 0.6 is 11.3 Å². The van der Waals surface area contributed by atoms with E-state index in [0.29, 0.717) is 6.54 Å². The van der Waals surface area contributed by atoms with E-state index < -0.39 is 10.0 Å². The van der Waals surface area contributed by atoms with Gasteiger partial charge in [-0.25, -0.2) is 13.1 Å². The van der Waals surface area contributed by atoms with E-state index in [1.54, 1.807) is 11.3 Å². The summed E-state index contributed by atoms with van der Waals surface area (Å²) < 4.78 is 28.8. The maximum absolute atomic E-state index is 12.1. The molecule has 7 heteroatoms. The van der Waals surface area contributed by atoms with Crippen LogP contribution in [0, 0.1) is 13.8 Å². The van der Waals surface area contributed by atoms with E-state index >= 15 is 0 Å². The van der Waals surface area contributed by atoms with Gasteiger partial charge < -0.3 is 0 Å². The highest BCUT2D eigenvalue weighted by molar-refractivity contribution is 7.90. The molecule has 2 heterocycles. The zero-order chi connectivity index (χ0) is 15.0. The quantitative estimate of drug-likeness (QED) is 0.886. The van der Waals surface area contributed by atoms with Crippen LogP contribution < -0.4 is 4.72 Å². The minimum absolute atomic E-state index is 0.0986. The summed E-state index contributed by atoms with van der Waals surface area (Å²) in [5, 5.41) is 8.37. The standard InChI is InChI=1S/C14H19N3O2S2/c1-10-7-11(2)17(16-10)14(12-5-6-20-9-12)8-15-21(18,19)13-3-4-13/h5-7,9,13-15H,3-4,8H2,1-2H3/t14-/m0/s1. The summed E-state index contributed by atoms with van der Waals surface area (Å²) in [7, 11) is -3.17. The summed E-state index contributed by atoms with van der Waals surface area (Å²) in [6.07, 6.45) is 1.55. The number of hydrogen-bond acceptors (Lipinski definition) is 4. The van der Waals surface area contributed by atoms with Crippen LogP contribution in [-0.4, -0.2) is 30.0 Å². The minimum Gasteiger partial charge on any atom is -0.261 e. The Balaban J connectivity index is 1.85. The zero-order valence-electron chi connectivity index (χ0n) is 12.1. The number of sulfonamides is 1. The number of thiophene rings is 1. The van der Waals surface area contributed by atoms with Gasteiger partial charge in [0.2, 0.25) is 10.0 Å². The molecule has 1 aliphatic rings. The molecule has 0 saturated heterocycles. The maximum Gasteiger partial charge on any atom is 0.214 e. The largest absolute Gasteiger partial charge is 0.261 e. The fourth-order valence-electron chi connectivity index (χ4n) is 2.46. The number of hydrogen-bond donors (Lipinski definition) is 1. The Morgan fingerprint density at radius 2 is 2.24 bits per heavy atom. The van der Waals surface area contributed by atoms with E-state index in [1.165, 1.54) is 0 Å². The fraction of sp³-hybridized carbons (Fsp3) is 0.500. The highest BCUT2D eigenvalue weighted by atomic mass is 32.2. The van der Waals surface area contributed by atoms with Crippen LogP contribution in [0.1, 0.15) is 35.8 Å². The molecule has 0 amide bonds. The summed E-state index contributed by atoms with van der Waals surface area (Å²) >= 11 is 1.61. The second kappa shape index (κ2) is 5.55. The van der Waals surface area contributed by atoms with Gasteiger partial charge in [-0.15, -0.1) is 0 Å². The first-order chi connectivity index (χ1) is 9.97. The highest BCUT2D eigenvalue weighted by Crippen LogP contribution is 2.28. The molecule has 0 aliphatic heterocycles. The molecular formula is C14H19N3O2S2. The number of aryl methyl sites for hydroxylation is 2. The maximum atomic E-state index is 12.1. The summed E-state index contributed by atoms with van der Waals surface area (Å²) in [4.78, 5) is 0. The average Bonchev–Trinajstić information content (AvgIpc) is 3.06. The van der Waals surface area contributed by atoms with E-state index in [2.05, 4.69) is 9.82 Å². The predicted octanol–water partition coefficient (Wildman–Crippen LogP) is 2.23. The van der Waals surface area contributed by atoms with E-state index in [1.807, 2.05) is 41.4 Å². The van der Waals surface area contributed by atoms with Gasteiger partial charge in [-0.1, -0.05) is 0 Å². The molecule has 5 nitrogen and oxygen atoms in total. The topological polar surface area (TPSA) is 64.0 Å². The predicted molar refractivity (Wildman–Crippen MR) is 84.1 cm³/mol. The van der Waals surface area contributed by atoms with Gasteiger partial charge in [0.1, 0.15) is 0 Å². The lowest BCUT2D eigenvalue weighted by molar-refractivity contribution is 0.494. The van der Waals surface area contributed by atoms with Crippen LogP contribution in [0.2, 0.25) is 0 Å². The van der Waals surface area contributed by atoms with Crippen LogP contribution in [0.4, 0.5) is 0 Å². The zero-order valence-corrected chi connectivity index (χ0v) is 13.7. The number of rotatable bonds is 6. The van der Waals surface area contributed by atoms with Gasteiger partial charge >= 0.3 is 0 Å². The van der Waals surface area contributed by atoms with Gasteiger partial charge in [-0.3, -0.25) is 4.68 Å². The molecule has 1 fully saturated rings. The second-order valence-electron chi connectivity index (χ2n) is 5.54. The smallest absolute Gasteiger partial charge is 0.214 e. The van der Waals surface area contributed by atoms with Crippen LogP contribution in [0.3, 0.4) is 0 Å². The van der Waals surface area contributed by atoms with Crippen LogP contribution in [0.15, 0.2) is 22.9 Å². The average molecular weight is 325 g/mol. The van der Waals surface area contributed by atoms with Crippen molar-refractivity contribution >= 4 is 21.4 Å². The Bertz CT molecular complexity index is 715. The Kier molecular flexibility index (Phi) is 3.90. The lowest BCUT2D eigenvalue weighted by Gasteiger charge is -2.19. The molecule has 3 rings (SSSR count). The van der Waals surface area contributed by atoms with Crippen molar-refractivity contribution in [3.05, 3.63) is 39.8 Å². The van der Waals surface area contributed by atoms with E-state index in [9.17, 15) is 8.42 Å². The first-order valence-corrected chi connectivity index (χ1v) is 9.49. The molecule has 2 aromatic heterocycles. The van der Waals surface area contributed by atoms with Crippen molar-refractivity contribution in [2.75, 3.05) is 6.54 Å². The summed E-state index contributed by atoms with van der Waals surface area (Å²) in [5.41, 5.74) is 3.07.